The van der Waals surface area contributed by atoms with Crippen molar-refractivity contribution in [1.82, 2.24) is 4.90 Å². The highest BCUT2D eigenvalue weighted by Crippen LogP contribution is 2.38. The van der Waals surface area contributed by atoms with Crippen LogP contribution in [0.25, 0.3) is 0 Å². The average Bonchev–Trinajstić information content (AvgIpc) is 3.20. The number of nitrogens with zero attached hydrogens (tertiary/aromatic N) is 3. The molecule has 0 N–H and O–H groups in total. The number of piperidine rings is 3. The lowest BCUT2D eigenvalue weighted by Crippen LogP contribution is -2.67. The zero-order chi connectivity index (χ0) is 25.0. The van der Waals surface area contributed by atoms with Gasteiger partial charge in [0, 0.05) is 24.7 Å². The molecule has 2 atom stereocenters. The topological polar surface area (TPSA) is 65.0 Å². The summed E-state index contributed by atoms with van der Waals surface area (Å²) in [4.78, 5) is 20.7. The molecule has 2 aromatic rings. The van der Waals surface area contributed by atoms with Crippen LogP contribution in [-0.2, 0) is 15.1 Å². The number of carbonyl (C=O) groups is 1. The summed E-state index contributed by atoms with van der Waals surface area (Å²) in [5.41, 5.74) is 0.895. The summed E-state index contributed by atoms with van der Waals surface area (Å²) in [6.07, 6.45) is 6.46. The van der Waals surface area contributed by atoms with Gasteiger partial charge in [-0.2, -0.15) is 0 Å². The Morgan fingerprint density at radius 2 is 1.61 bits per heavy atom. The largest absolute Gasteiger partial charge is 0.858 e. The van der Waals surface area contributed by atoms with Gasteiger partial charge in [0.25, 0.3) is 0 Å². The predicted octanol–water partition coefficient (Wildman–Crippen LogP) is 4.02. The van der Waals surface area contributed by atoms with Gasteiger partial charge in [0.05, 0.1) is 18.8 Å². The Hall–Kier alpha value is -2.70. The van der Waals surface area contributed by atoms with Crippen LogP contribution in [0.1, 0.15) is 51.0 Å². The van der Waals surface area contributed by atoms with E-state index < -0.39 is 5.54 Å². The Morgan fingerprint density at radius 1 is 1.00 bits per heavy atom. The summed E-state index contributed by atoms with van der Waals surface area (Å²) in [6.45, 7) is 6.85. The SMILES string of the molecule is CC(C(=O)O[C@@H]1C[N+]2(CC([O-])=Nc3ccccc3)CCC1CC2)(c1ccccc1)N1CCCCCC1. The number of para-hydroxylation sites is 1. The number of carbonyl (C=O) groups excluding carboxylic acids is 1. The smallest absolute Gasteiger partial charge is 0.331 e. The Labute approximate surface area is 215 Å². The van der Waals surface area contributed by atoms with Crippen molar-refractivity contribution in [3.63, 3.8) is 0 Å². The summed E-state index contributed by atoms with van der Waals surface area (Å²) in [5, 5.41) is 12.9. The van der Waals surface area contributed by atoms with E-state index in [0.717, 1.165) is 57.4 Å². The summed E-state index contributed by atoms with van der Waals surface area (Å²) in [7, 11) is 0. The van der Waals surface area contributed by atoms with Gasteiger partial charge in [-0.3, -0.25) is 9.89 Å². The van der Waals surface area contributed by atoms with E-state index in [1.165, 1.54) is 12.8 Å². The van der Waals surface area contributed by atoms with E-state index in [9.17, 15) is 9.90 Å². The number of aliphatic imine (C=N–C) groups is 1. The Kier molecular flexibility index (Phi) is 7.44. The number of hydrogen-bond donors (Lipinski definition) is 0. The maximum atomic E-state index is 14.0. The second-order valence-electron chi connectivity index (χ2n) is 11.1. The Balaban J connectivity index is 1.34. The maximum Gasteiger partial charge on any atom is 0.331 e. The minimum atomic E-state index is -0.805. The predicted molar refractivity (Wildman–Crippen MR) is 140 cm³/mol. The zero-order valence-electron chi connectivity index (χ0n) is 21.5. The van der Waals surface area contributed by atoms with Crippen LogP contribution in [0.5, 0.6) is 0 Å². The molecule has 0 aromatic heterocycles. The fourth-order valence-corrected chi connectivity index (χ4v) is 6.51. The molecule has 2 bridgehead atoms. The highest BCUT2D eigenvalue weighted by molar-refractivity contribution is 5.82. The molecule has 36 heavy (non-hydrogen) atoms. The van der Waals surface area contributed by atoms with Crippen molar-refractivity contribution in [3.05, 3.63) is 66.2 Å². The number of esters is 1. The number of likely N-dealkylation sites (tertiary alicyclic amines) is 1. The summed E-state index contributed by atoms with van der Waals surface area (Å²) >= 11 is 0. The highest BCUT2D eigenvalue weighted by atomic mass is 16.5. The average molecular weight is 490 g/mol. The third kappa shape index (κ3) is 5.21. The molecule has 4 fully saturated rings. The van der Waals surface area contributed by atoms with Crippen LogP contribution >= 0.6 is 0 Å². The van der Waals surface area contributed by atoms with E-state index in [-0.39, 0.29) is 18.0 Å². The molecule has 0 amide bonds. The third-order valence-corrected chi connectivity index (χ3v) is 8.75. The molecule has 192 valence electrons. The first kappa shape index (κ1) is 25.0. The molecule has 6 heteroatoms. The van der Waals surface area contributed by atoms with Gasteiger partial charge < -0.3 is 14.3 Å². The lowest BCUT2D eigenvalue weighted by atomic mass is 9.82. The van der Waals surface area contributed by atoms with Gasteiger partial charge in [-0.1, -0.05) is 61.4 Å². The Bertz CT molecular complexity index is 1040. The van der Waals surface area contributed by atoms with Gasteiger partial charge in [0.15, 0.2) is 6.10 Å². The number of fused-ring (bicyclic) bond motifs is 3. The number of ether oxygens (including phenoxy) is 1. The molecule has 0 aliphatic carbocycles. The molecule has 0 radical (unpaired) electrons. The number of quaternary nitrogens is 1. The first-order chi connectivity index (χ1) is 17.5. The van der Waals surface area contributed by atoms with Crippen molar-refractivity contribution in [2.45, 2.75) is 57.1 Å². The van der Waals surface area contributed by atoms with Crippen LogP contribution < -0.4 is 5.11 Å². The summed E-state index contributed by atoms with van der Waals surface area (Å²) in [5.74, 6) is 0.136. The lowest BCUT2D eigenvalue weighted by molar-refractivity contribution is -0.939. The summed E-state index contributed by atoms with van der Waals surface area (Å²) in [6, 6.07) is 19.6. The van der Waals surface area contributed by atoms with Crippen LogP contribution in [0.4, 0.5) is 5.69 Å². The molecule has 4 aliphatic rings. The fourth-order valence-electron chi connectivity index (χ4n) is 6.51. The monoisotopic (exact) mass is 489 g/mol. The van der Waals surface area contributed by atoms with Crippen molar-refractivity contribution in [3.8, 4) is 0 Å². The quantitative estimate of drug-likeness (QED) is 0.255. The van der Waals surface area contributed by atoms with E-state index in [4.69, 9.17) is 4.74 Å². The van der Waals surface area contributed by atoms with Gasteiger partial charge in [-0.05, 0) is 50.6 Å². The molecule has 4 aliphatic heterocycles. The number of rotatable bonds is 7. The fraction of sp³-hybridized carbons (Fsp3) is 0.533. The minimum Gasteiger partial charge on any atom is -0.858 e. The van der Waals surface area contributed by atoms with Crippen LogP contribution in [0.3, 0.4) is 0 Å². The van der Waals surface area contributed by atoms with Gasteiger partial charge in [-0.25, -0.2) is 4.79 Å². The standard InChI is InChI=1S/C30H39N3O3/c1-30(25-12-6-4-7-13-25,32-18-10-2-3-11-19-32)29(35)36-27-22-33(20-16-24(27)17-21-33)23-28(34)31-26-14-8-5-9-15-26/h4-9,12-15,24,27H,2-3,10-11,16-23H2,1H3/t24?,27-,30?,33?/m1/s1. The molecular formula is C30H39N3O3. The van der Waals surface area contributed by atoms with E-state index in [2.05, 4.69) is 22.0 Å². The normalized spacial score (nSPS) is 28.8. The Morgan fingerprint density at radius 3 is 2.25 bits per heavy atom. The molecule has 1 unspecified atom stereocenters. The van der Waals surface area contributed by atoms with Gasteiger partial charge >= 0.3 is 5.97 Å². The van der Waals surface area contributed by atoms with Crippen molar-refractivity contribution < 1.29 is 19.1 Å². The van der Waals surface area contributed by atoms with E-state index >= 15 is 0 Å². The van der Waals surface area contributed by atoms with E-state index in [1.54, 1.807) is 0 Å². The summed E-state index contributed by atoms with van der Waals surface area (Å²) < 4.78 is 7.10. The molecular weight excluding hydrogens is 450 g/mol. The van der Waals surface area contributed by atoms with Gasteiger partial charge in [-0.15, -0.1) is 0 Å². The zero-order valence-corrected chi connectivity index (χ0v) is 21.5. The first-order valence-corrected chi connectivity index (χ1v) is 13.6. The lowest BCUT2D eigenvalue weighted by Gasteiger charge is -2.53. The second kappa shape index (κ2) is 10.7. The van der Waals surface area contributed by atoms with Crippen LogP contribution in [0.15, 0.2) is 65.7 Å². The molecule has 6 rings (SSSR count). The number of benzene rings is 2. The molecule has 2 aromatic carbocycles. The van der Waals surface area contributed by atoms with Crippen LogP contribution in [-0.4, -0.2) is 66.6 Å². The second-order valence-corrected chi connectivity index (χ2v) is 11.1. The van der Waals surface area contributed by atoms with Gasteiger partial charge in [0.1, 0.15) is 18.6 Å². The van der Waals surface area contributed by atoms with E-state index in [0.29, 0.717) is 29.2 Å². The maximum absolute atomic E-state index is 14.0. The number of hydrogen-bond acceptors (Lipinski definition) is 5. The molecule has 4 heterocycles. The van der Waals surface area contributed by atoms with Crippen molar-refractivity contribution in [2.24, 2.45) is 10.9 Å². The van der Waals surface area contributed by atoms with Gasteiger partial charge in [0.2, 0.25) is 0 Å². The molecule has 4 saturated heterocycles. The van der Waals surface area contributed by atoms with Crippen molar-refractivity contribution in [2.75, 3.05) is 39.3 Å². The molecule has 6 nitrogen and oxygen atoms in total. The van der Waals surface area contributed by atoms with Crippen molar-refractivity contribution >= 4 is 17.6 Å². The van der Waals surface area contributed by atoms with E-state index in [1.807, 2.05) is 55.5 Å². The van der Waals surface area contributed by atoms with Crippen LogP contribution in [0.2, 0.25) is 0 Å². The first-order valence-electron chi connectivity index (χ1n) is 13.6. The van der Waals surface area contributed by atoms with Crippen molar-refractivity contribution in [1.29, 1.82) is 0 Å². The highest BCUT2D eigenvalue weighted by Gasteiger charge is 2.50. The molecule has 0 saturated carbocycles. The third-order valence-electron chi connectivity index (χ3n) is 8.75. The van der Waals surface area contributed by atoms with Crippen LogP contribution in [0, 0.1) is 5.92 Å². The minimum absolute atomic E-state index is 0.0923. The molecule has 0 spiro atoms.